The summed E-state index contributed by atoms with van der Waals surface area (Å²) in [5, 5.41) is 4.36. The highest BCUT2D eigenvalue weighted by Gasteiger charge is 2.62. The minimum absolute atomic E-state index is 0.0452. The van der Waals surface area contributed by atoms with Gasteiger partial charge in [-0.2, -0.15) is 5.10 Å². The number of benzene rings is 1. The molecule has 3 atom stereocenters. The van der Waals surface area contributed by atoms with Crippen molar-refractivity contribution in [2.24, 2.45) is 5.92 Å². The molecule has 6 heteroatoms. The van der Waals surface area contributed by atoms with Gasteiger partial charge in [-0.15, -0.1) is 0 Å². The van der Waals surface area contributed by atoms with Gasteiger partial charge in [0.15, 0.2) is 0 Å². The Hall–Kier alpha value is -2.34. The molecule has 3 aliphatic rings. The number of rotatable bonds is 4. The van der Waals surface area contributed by atoms with Crippen LogP contribution in [0.2, 0.25) is 0 Å². The average molecular weight is 410 g/mol. The summed E-state index contributed by atoms with van der Waals surface area (Å²) in [6.07, 6.45) is 5.66. The molecule has 1 amide bonds. The van der Waals surface area contributed by atoms with Crippen molar-refractivity contribution >= 4 is 5.91 Å². The Balaban J connectivity index is 1.34. The quantitative estimate of drug-likeness (QED) is 0.773. The molecule has 0 radical (unpaired) electrons. The summed E-state index contributed by atoms with van der Waals surface area (Å²) in [7, 11) is 0. The molecular formula is C24H31N3O3. The highest BCUT2D eigenvalue weighted by molar-refractivity contribution is 5.85. The number of ether oxygens (including phenoxy) is 2. The molecular weight excluding hydrogens is 378 g/mol. The molecule has 1 aromatic heterocycles. The van der Waals surface area contributed by atoms with Gasteiger partial charge in [-0.25, -0.2) is 0 Å². The Morgan fingerprint density at radius 1 is 1.33 bits per heavy atom. The van der Waals surface area contributed by atoms with E-state index in [9.17, 15) is 4.79 Å². The first kappa shape index (κ1) is 19.6. The number of morpholine rings is 1. The smallest absolute Gasteiger partial charge is 0.226 e. The van der Waals surface area contributed by atoms with Gasteiger partial charge in [0.1, 0.15) is 11.9 Å². The molecule has 1 spiro atoms. The number of aryl methyl sites for hydroxylation is 1. The summed E-state index contributed by atoms with van der Waals surface area (Å²) in [4.78, 5) is 15.5. The molecule has 1 aliphatic carbocycles. The van der Waals surface area contributed by atoms with Gasteiger partial charge in [0.05, 0.1) is 26.0 Å². The summed E-state index contributed by atoms with van der Waals surface area (Å²) >= 11 is 0. The summed E-state index contributed by atoms with van der Waals surface area (Å²) in [6.45, 7) is 9.86. The number of carbonyl (C=O) groups excluding carboxylic acids is 1. The Labute approximate surface area is 178 Å². The van der Waals surface area contributed by atoms with Gasteiger partial charge < -0.3 is 14.4 Å². The lowest BCUT2D eigenvalue weighted by molar-refractivity contribution is -0.141. The number of hydrogen-bond acceptors (Lipinski definition) is 4. The van der Waals surface area contributed by atoms with E-state index in [-0.39, 0.29) is 23.3 Å². The van der Waals surface area contributed by atoms with Crippen molar-refractivity contribution in [3.63, 3.8) is 0 Å². The molecule has 1 saturated heterocycles. The molecule has 3 heterocycles. The third-order valence-electron chi connectivity index (χ3n) is 7.11. The van der Waals surface area contributed by atoms with Crippen LogP contribution >= 0.6 is 0 Å². The third-order valence-corrected chi connectivity index (χ3v) is 7.11. The standard InChI is InChI=1S/C24H31N3O3/c1-4-27-14-18(13-25-27)22-15-26(8-10-30-22)23(28)20-12-24(20)7-9-29-21-6-5-17(16(2)3)11-19(21)24/h5-6,11,13-14,16,20,22H,4,7-10,12,15H2,1-3H3/t20-,22+,24-/m0/s1. The molecule has 1 saturated carbocycles. The van der Waals surface area contributed by atoms with Crippen LogP contribution in [0.15, 0.2) is 30.6 Å². The Morgan fingerprint density at radius 2 is 2.20 bits per heavy atom. The highest BCUT2D eigenvalue weighted by atomic mass is 16.5. The van der Waals surface area contributed by atoms with Crippen LogP contribution in [-0.4, -0.2) is 46.9 Å². The zero-order valence-corrected chi connectivity index (χ0v) is 18.1. The largest absolute Gasteiger partial charge is 0.493 e. The van der Waals surface area contributed by atoms with Crippen LogP contribution in [0.1, 0.15) is 62.3 Å². The molecule has 2 fully saturated rings. The van der Waals surface area contributed by atoms with Crippen LogP contribution in [0.5, 0.6) is 5.75 Å². The second-order valence-corrected chi connectivity index (χ2v) is 9.19. The molecule has 2 aliphatic heterocycles. The van der Waals surface area contributed by atoms with Crippen molar-refractivity contribution in [1.29, 1.82) is 0 Å². The van der Waals surface area contributed by atoms with Crippen molar-refractivity contribution in [2.45, 2.75) is 57.6 Å². The number of aromatic nitrogens is 2. The minimum atomic E-state index is -0.0905. The number of carbonyl (C=O) groups is 1. The van der Waals surface area contributed by atoms with Crippen LogP contribution in [0, 0.1) is 5.92 Å². The zero-order chi connectivity index (χ0) is 20.9. The number of amides is 1. The van der Waals surface area contributed by atoms with Crippen molar-refractivity contribution in [3.05, 3.63) is 47.3 Å². The van der Waals surface area contributed by atoms with E-state index in [1.165, 1.54) is 11.1 Å². The van der Waals surface area contributed by atoms with Gasteiger partial charge in [-0.05, 0) is 37.3 Å². The predicted molar refractivity (Wildman–Crippen MR) is 114 cm³/mol. The second-order valence-electron chi connectivity index (χ2n) is 9.19. The zero-order valence-electron chi connectivity index (χ0n) is 18.1. The lowest BCUT2D eigenvalue weighted by Crippen LogP contribution is -2.44. The van der Waals surface area contributed by atoms with E-state index < -0.39 is 0 Å². The summed E-state index contributed by atoms with van der Waals surface area (Å²) in [5.74, 6) is 1.76. The predicted octanol–water partition coefficient (Wildman–Crippen LogP) is 3.67. The molecule has 0 N–H and O–H groups in total. The summed E-state index contributed by atoms with van der Waals surface area (Å²) < 4.78 is 13.8. The van der Waals surface area contributed by atoms with Crippen LogP contribution in [0.3, 0.4) is 0 Å². The Morgan fingerprint density at radius 3 is 2.97 bits per heavy atom. The summed E-state index contributed by atoms with van der Waals surface area (Å²) in [6, 6.07) is 6.54. The topological polar surface area (TPSA) is 56.6 Å². The van der Waals surface area contributed by atoms with Gasteiger partial charge in [-0.3, -0.25) is 9.48 Å². The van der Waals surface area contributed by atoms with E-state index in [1.54, 1.807) is 0 Å². The maximum Gasteiger partial charge on any atom is 0.226 e. The van der Waals surface area contributed by atoms with Gasteiger partial charge >= 0.3 is 0 Å². The van der Waals surface area contributed by atoms with Crippen molar-refractivity contribution < 1.29 is 14.3 Å². The van der Waals surface area contributed by atoms with Crippen LogP contribution in [0.4, 0.5) is 0 Å². The van der Waals surface area contributed by atoms with Crippen LogP contribution in [0.25, 0.3) is 0 Å². The molecule has 0 bridgehead atoms. The maximum atomic E-state index is 13.5. The molecule has 30 heavy (non-hydrogen) atoms. The molecule has 2 aromatic rings. The first-order valence-corrected chi connectivity index (χ1v) is 11.2. The molecule has 0 unspecified atom stereocenters. The minimum Gasteiger partial charge on any atom is -0.493 e. The van der Waals surface area contributed by atoms with Crippen LogP contribution < -0.4 is 4.74 Å². The number of nitrogens with zero attached hydrogens (tertiary/aromatic N) is 3. The second kappa shape index (κ2) is 7.41. The van der Waals surface area contributed by atoms with E-state index in [0.717, 1.165) is 30.7 Å². The van der Waals surface area contributed by atoms with E-state index in [0.29, 0.717) is 32.2 Å². The van der Waals surface area contributed by atoms with Gasteiger partial charge in [0.25, 0.3) is 0 Å². The SMILES string of the molecule is CCn1cc([C@H]2CN(C(=O)[C@@H]3C[C@]34CCOc3ccc(C(C)C)cc34)CCO2)cn1. The van der Waals surface area contributed by atoms with Gasteiger partial charge in [0, 0.05) is 41.7 Å². The fourth-order valence-corrected chi connectivity index (χ4v) is 5.09. The molecule has 160 valence electrons. The van der Waals surface area contributed by atoms with Crippen molar-refractivity contribution in [2.75, 3.05) is 26.3 Å². The van der Waals surface area contributed by atoms with Gasteiger partial charge in [-0.1, -0.05) is 26.0 Å². The van der Waals surface area contributed by atoms with Crippen molar-refractivity contribution in [1.82, 2.24) is 14.7 Å². The lowest BCUT2D eigenvalue weighted by atomic mass is 9.85. The summed E-state index contributed by atoms with van der Waals surface area (Å²) in [5.41, 5.74) is 3.57. The highest BCUT2D eigenvalue weighted by Crippen LogP contribution is 2.61. The van der Waals surface area contributed by atoms with Crippen LogP contribution in [-0.2, 0) is 21.5 Å². The Bertz CT molecular complexity index is 953. The molecule has 5 rings (SSSR count). The van der Waals surface area contributed by atoms with E-state index in [1.807, 2.05) is 22.0 Å². The normalized spacial score (nSPS) is 27.8. The fourth-order valence-electron chi connectivity index (χ4n) is 5.09. The van der Waals surface area contributed by atoms with Crippen molar-refractivity contribution in [3.8, 4) is 5.75 Å². The molecule has 6 nitrogen and oxygen atoms in total. The first-order valence-electron chi connectivity index (χ1n) is 11.2. The van der Waals surface area contributed by atoms with E-state index >= 15 is 0 Å². The first-order chi connectivity index (χ1) is 14.5. The third kappa shape index (κ3) is 3.22. The molecule has 1 aromatic carbocycles. The van der Waals surface area contributed by atoms with E-state index in [2.05, 4.69) is 44.1 Å². The average Bonchev–Trinajstić information content (AvgIpc) is 3.27. The fraction of sp³-hybridized carbons (Fsp3) is 0.583. The van der Waals surface area contributed by atoms with E-state index in [4.69, 9.17) is 9.47 Å². The Kier molecular flexibility index (Phi) is 4.85. The lowest BCUT2D eigenvalue weighted by Gasteiger charge is -2.34. The number of hydrogen-bond donors (Lipinski definition) is 0. The maximum absolute atomic E-state index is 13.5. The van der Waals surface area contributed by atoms with Gasteiger partial charge in [0.2, 0.25) is 5.91 Å². The number of fused-ring (bicyclic) bond motifs is 2. The monoisotopic (exact) mass is 409 g/mol.